The van der Waals surface area contributed by atoms with E-state index in [4.69, 9.17) is 0 Å². The second-order valence-corrected chi connectivity index (χ2v) is 14.6. The van der Waals surface area contributed by atoms with Crippen molar-refractivity contribution in [3.05, 3.63) is 162 Å². The number of fused-ring (bicyclic) bond motifs is 7. The summed E-state index contributed by atoms with van der Waals surface area (Å²) in [4.78, 5) is 5.14. The van der Waals surface area contributed by atoms with Crippen LogP contribution in [0, 0.1) is 27.7 Å². The lowest BCUT2D eigenvalue weighted by molar-refractivity contribution is 1.24. The van der Waals surface area contributed by atoms with Gasteiger partial charge in [-0.15, -0.1) is 0 Å². The summed E-state index contributed by atoms with van der Waals surface area (Å²) in [7, 11) is 0.865. The number of anilines is 8. The van der Waals surface area contributed by atoms with Gasteiger partial charge in [-0.2, -0.15) is 0 Å². The smallest absolute Gasteiger partial charge is 0.252 e. The maximum atomic E-state index is 3.79. The van der Waals surface area contributed by atoms with Crippen molar-refractivity contribution in [1.82, 2.24) is 0 Å². The van der Waals surface area contributed by atoms with Gasteiger partial charge in [0.2, 0.25) is 0 Å². The van der Waals surface area contributed by atoms with Crippen LogP contribution in [0.5, 0.6) is 0 Å². The van der Waals surface area contributed by atoms with E-state index < -0.39 is 0 Å². The zero-order valence-corrected chi connectivity index (χ0v) is 29.5. The van der Waals surface area contributed by atoms with Crippen LogP contribution in [0.15, 0.2) is 140 Å². The fourth-order valence-corrected chi connectivity index (χ4v) is 8.76. The second-order valence-electron chi connectivity index (χ2n) is 14.6. The molecule has 7 aromatic carbocycles. The Morgan fingerprint density at radius 1 is 0.510 bits per heavy atom. The molecule has 0 aromatic heterocycles. The maximum Gasteiger partial charge on any atom is 0.252 e. The van der Waals surface area contributed by atoms with E-state index in [1.165, 1.54) is 94.8 Å². The molecule has 0 saturated heterocycles. The van der Waals surface area contributed by atoms with Gasteiger partial charge in [-0.25, -0.2) is 0 Å². The minimum absolute atomic E-state index is 0.108. The molecule has 10 rings (SSSR count). The first-order valence-electron chi connectivity index (χ1n) is 18.0. The van der Waals surface area contributed by atoms with Crippen LogP contribution in [-0.4, -0.2) is 14.0 Å². The van der Waals surface area contributed by atoms with Gasteiger partial charge < -0.3 is 15.1 Å². The van der Waals surface area contributed by atoms with E-state index in [2.05, 4.69) is 182 Å². The van der Waals surface area contributed by atoms with E-state index >= 15 is 0 Å². The van der Waals surface area contributed by atoms with Crippen molar-refractivity contribution >= 4 is 86.8 Å². The average Bonchev–Trinajstić information content (AvgIpc) is 3.14. The molecule has 0 saturated carbocycles. The molecule has 0 amide bonds. The van der Waals surface area contributed by atoms with Crippen LogP contribution in [0.4, 0.5) is 45.5 Å². The molecule has 0 unspecified atom stereocenters. The van der Waals surface area contributed by atoms with Gasteiger partial charge >= 0.3 is 0 Å². The van der Waals surface area contributed by atoms with Gasteiger partial charge in [-0.05, 0) is 121 Å². The van der Waals surface area contributed by atoms with Gasteiger partial charge in [0.25, 0.3) is 6.71 Å². The van der Waals surface area contributed by atoms with Crippen LogP contribution in [0.25, 0.3) is 11.1 Å². The van der Waals surface area contributed by atoms with Crippen molar-refractivity contribution < 1.29 is 0 Å². The molecule has 51 heavy (non-hydrogen) atoms. The summed E-state index contributed by atoms with van der Waals surface area (Å²) < 4.78 is 0. The summed E-state index contributed by atoms with van der Waals surface area (Å²) >= 11 is 0. The van der Waals surface area contributed by atoms with Crippen molar-refractivity contribution in [2.45, 2.75) is 27.7 Å². The Morgan fingerprint density at radius 2 is 1.14 bits per heavy atom. The number of para-hydroxylation sites is 2. The Labute approximate surface area is 301 Å². The molecule has 3 nitrogen and oxygen atoms in total. The standard InChI is InChI=1S/C46H37B2N3/c1-28-14-19-33(20-15-28)50-41-25-30(3)16-21-37(41)48-38-22-17-31(4)26-42(38)51-40-23-18-29(2)24-36(40)47-44-35(27-43(50)45(48)46(44)51)34-12-8-9-13-39(34)49-32-10-6-5-7-11-32/h5-27,47,49H,1-4H3. The lowest BCUT2D eigenvalue weighted by atomic mass is 9.32. The molecule has 242 valence electrons. The van der Waals surface area contributed by atoms with Crippen LogP contribution in [0.2, 0.25) is 0 Å². The van der Waals surface area contributed by atoms with Crippen molar-refractivity contribution in [3.8, 4) is 11.1 Å². The van der Waals surface area contributed by atoms with Crippen molar-refractivity contribution in [2.24, 2.45) is 0 Å². The number of aryl methyl sites for hydroxylation is 4. The van der Waals surface area contributed by atoms with Crippen molar-refractivity contribution in [3.63, 3.8) is 0 Å². The predicted octanol–water partition coefficient (Wildman–Crippen LogP) is 8.11. The molecule has 7 aromatic rings. The Kier molecular flexibility index (Phi) is 6.63. The number of hydrogen-bond acceptors (Lipinski definition) is 3. The second kappa shape index (κ2) is 11.3. The third kappa shape index (κ3) is 4.61. The molecule has 0 bridgehead atoms. The fourth-order valence-electron chi connectivity index (χ4n) is 8.76. The SMILES string of the molecule is Cc1ccc(N2c3cc(C)ccc3B3c4ccc(C)cc4N4c5ccc(C)cc5Bc5c(-c6ccccc6Nc6ccccc6)cc2c3c54)cc1. The van der Waals surface area contributed by atoms with E-state index in [9.17, 15) is 0 Å². The number of benzene rings is 7. The first-order valence-corrected chi connectivity index (χ1v) is 18.0. The summed E-state index contributed by atoms with van der Waals surface area (Å²) in [5, 5.41) is 3.79. The molecule has 0 spiro atoms. The Balaban J connectivity index is 1.34. The Morgan fingerprint density at radius 3 is 1.88 bits per heavy atom. The normalized spacial score (nSPS) is 13.1. The first kappa shape index (κ1) is 29.9. The summed E-state index contributed by atoms with van der Waals surface area (Å²) in [6.45, 7) is 8.93. The van der Waals surface area contributed by atoms with Crippen LogP contribution in [-0.2, 0) is 0 Å². The molecule has 1 N–H and O–H groups in total. The molecule has 3 aliphatic heterocycles. The van der Waals surface area contributed by atoms with Crippen molar-refractivity contribution in [1.29, 1.82) is 0 Å². The van der Waals surface area contributed by atoms with Gasteiger partial charge in [-0.3, -0.25) is 0 Å². The maximum absolute atomic E-state index is 3.79. The van der Waals surface area contributed by atoms with E-state index in [1.54, 1.807) is 0 Å². The van der Waals surface area contributed by atoms with E-state index in [-0.39, 0.29) is 6.71 Å². The molecule has 0 radical (unpaired) electrons. The predicted molar refractivity (Wildman–Crippen MR) is 221 cm³/mol. The minimum atomic E-state index is 0.108. The molecule has 5 heteroatoms. The van der Waals surface area contributed by atoms with Crippen molar-refractivity contribution in [2.75, 3.05) is 15.1 Å². The topological polar surface area (TPSA) is 18.5 Å². The highest BCUT2D eigenvalue weighted by molar-refractivity contribution is 7.01. The molecule has 0 atom stereocenters. The molecular formula is C46H37B2N3. The molecule has 0 fully saturated rings. The summed E-state index contributed by atoms with van der Waals surface area (Å²) in [6, 6.07) is 52.1. The van der Waals surface area contributed by atoms with E-state index in [0.717, 1.165) is 18.7 Å². The van der Waals surface area contributed by atoms with Gasteiger partial charge in [0.1, 0.15) is 0 Å². The quantitative estimate of drug-likeness (QED) is 0.194. The Bertz CT molecular complexity index is 2530. The highest BCUT2D eigenvalue weighted by Crippen LogP contribution is 2.47. The molecule has 3 aliphatic rings. The molecule has 0 aliphatic carbocycles. The third-order valence-electron chi connectivity index (χ3n) is 11.1. The largest absolute Gasteiger partial charge is 0.355 e. The minimum Gasteiger partial charge on any atom is -0.355 e. The zero-order valence-electron chi connectivity index (χ0n) is 29.5. The van der Waals surface area contributed by atoms with Crippen LogP contribution in [0.3, 0.4) is 0 Å². The summed E-state index contributed by atoms with van der Waals surface area (Å²) in [5.41, 5.74) is 24.2. The number of nitrogens with zero attached hydrogens (tertiary/aromatic N) is 2. The van der Waals surface area contributed by atoms with Gasteiger partial charge in [0, 0.05) is 51.1 Å². The van der Waals surface area contributed by atoms with Crippen LogP contribution in [0.1, 0.15) is 22.3 Å². The van der Waals surface area contributed by atoms with E-state index in [0.29, 0.717) is 0 Å². The Hall–Kier alpha value is -5.93. The fraction of sp³-hybridized carbons (Fsp3) is 0.0870. The number of nitrogens with one attached hydrogen (secondary N) is 1. The monoisotopic (exact) mass is 653 g/mol. The van der Waals surface area contributed by atoms with Crippen LogP contribution < -0.4 is 42.4 Å². The van der Waals surface area contributed by atoms with E-state index in [1.807, 2.05) is 0 Å². The van der Waals surface area contributed by atoms with Gasteiger partial charge in [0.05, 0.1) is 0 Å². The highest BCUT2D eigenvalue weighted by atomic mass is 15.2. The lowest BCUT2D eigenvalue weighted by Gasteiger charge is -2.47. The van der Waals surface area contributed by atoms with Gasteiger partial charge in [-0.1, -0.05) is 102 Å². The highest BCUT2D eigenvalue weighted by Gasteiger charge is 2.46. The van der Waals surface area contributed by atoms with Gasteiger partial charge in [0.15, 0.2) is 7.28 Å². The van der Waals surface area contributed by atoms with Crippen LogP contribution >= 0.6 is 0 Å². The number of rotatable bonds is 4. The third-order valence-corrected chi connectivity index (χ3v) is 11.1. The lowest BCUT2D eigenvalue weighted by Crippen LogP contribution is -2.64. The average molecular weight is 653 g/mol. The molecule has 3 heterocycles. The summed E-state index contributed by atoms with van der Waals surface area (Å²) in [5.74, 6) is 0. The first-order chi connectivity index (χ1) is 24.9. The summed E-state index contributed by atoms with van der Waals surface area (Å²) in [6.07, 6.45) is 0. The zero-order chi connectivity index (χ0) is 34.4. The number of hydrogen-bond donors (Lipinski definition) is 1. The molecular weight excluding hydrogens is 616 g/mol.